The maximum absolute atomic E-state index is 12.1. The number of carbonyl (C=O) groups is 2. The average Bonchev–Trinajstić information content (AvgIpc) is 3.02. The zero-order valence-corrected chi connectivity index (χ0v) is 18.5. The highest BCUT2D eigenvalue weighted by Crippen LogP contribution is 2.23. The summed E-state index contributed by atoms with van der Waals surface area (Å²) in [5, 5.41) is 13.6. The van der Waals surface area contributed by atoms with Crippen LogP contribution in [-0.4, -0.2) is 66.3 Å². The normalized spacial score (nSPS) is 19.3. The van der Waals surface area contributed by atoms with Crippen LogP contribution in [0, 0.1) is 11.8 Å². The first-order valence-corrected chi connectivity index (χ1v) is 10.2. The third kappa shape index (κ3) is 5.94. The topological polar surface area (TPSA) is 118 Å². The number of nitrogens with one attached hydrogen (secondary N) is 1. The number of aromatic nitrogens is 1. The summed E-state index contributed by atoms with van der Waals surface area (Å²) in [5.41, 5.74) is 6.59. The Morgan fingerprint density at radius 3 is 2.77 bits per heavy atom. The molecule has 4 N–H and O–H groups in total. The molecule has 0 bridgehead atoms. The molecule has 1 atom stereocenters. The molecule has 1 aliphatic heterocycles. The summed E-state index contributed by atoms with van der Waals surface area (Å²) in [6, 6.07) is 3.54. The van der Waals surface area contributed by atoms with Crippen LogP contribution in [0.2, 0.25) is 0 Å². The summed E-state index contributed by atoms with van der Waals surface area (Å²) < 4.78 is 5.01. The molecule has 0 saturated carbocycles. The van der Waals surface area contributed by atoms with Gasteiger partial charge >= 0.3 is 0 Å². The molecule has 1 aromatic heterocycles. The molecule has 0 aromatic carbocycles. The quantitative estimate of drug-likeness (QED) is 0.330. The minimum Gasteiger partial charge on any atom is -0.383 e. The first-order chi connectivity index (χ1) is 14.8. The molecule has 0 unspecified atom stereocenters. The largest absolute Gasteiger partial charge is 0.383 e. The molecule has 31 heavy (non-hydrogen) atoms. The van der Waals surface area contributed by atoms with Crippen LogP contribution in [0.5, 0.6) is 0 Å². The van der Waals surface area contributed by atoms with E-state index in [4.69, 9.17) is 10.5 Å². The number of allylic oxidation sites excluding steroid dienone is 4. The van der Waals surface area contributed by atoms with Crippen molar-refractivity contribution in [2.45, 2.75) is 32.3 Å². The van der Waals surface area contributed by atoms with Gasteiger partial charge in [-0.1, -0.05) is 24.8 Å². The Kier molecular flexibility index (Phi) is 8.37. The fraction of sp³-hybridized carbons (Fsp3) is 0.435. The zero-order chi connectivity index (χ0) is 23.0. The number of amides is 2. The number of hydrogen-bond donors (Lipinski definition) is 3. The molecule has 2 heterocycles. The number of ether oxygens (including phenoxy) is 1. The molecule has 8 heteroatoms. The van der Waals surface area contributed by atoms with Crippen molar-refractivity contribution in [3.63, 3.8) is 0 Å². The standard InChI is InChI=1S/C23H30N4O4/c1-5-16(9-10-23(30)11-13-27(3)22(23)29)15-17(6-2)18-7-8-19(25-12-14-31-4)20(26-18)21(24)28/h6-8,15,25,30H,5,11-14H2,1-4H3,(H2,24,28)/b16-15+,17-6+/t23-/m0/s1. The monoisotopic (exact) mass is 426 g/mol. The van der Waals surface area contributed by atoms with Crippen molar-refractivity contribution < 1.29 is 19.4 Å². The summed E-state index contributed by atoms with van der Waals surface area (Å²) >= 11 is 0. The molecule has 1 aliphatic rings. The minimum atomic E-state index is -1.65. The third-order valence-electron chi connectivity index (χ3n) is 5.01. The van der Waals surface area contributed by atoms with Crippen LogP contribution in [0.15, 0.2) is 29.9 Å². The van der Waals surface area contributed by atoms with Crippen LogP contribution in [0.1, 0.15) is 42.9 Å². The van der Waals surface area contributed by atoms with Crippen molar-refractivity contribution in [2.24, 2.45) is 5.73 Å². The predicted octanol–water partition coefficient (Wildman–Crippen LogP) is 1.58. The van der Waals surface area contributed by atoms with E-state index in [1.165, 1.54) is 4.90 Å². The van der Waals surface area contributed by atoms with E-state index in [2.05, 4.69) is 22.1 Å². The number of likely N-dealkylation sites (tertiary alicyclic amines) is 1. The number of aliphatic hydroxyl groups is 1. The Labute approximate surface area is 183 Å². The van der Waals surface area contributed by atoms with E-state index in [1.807, 2.05) is 26.0 Å². The molecule has 166 valence electrons. The molecular weight excluding hydrogens is 396 g/mol. The fourth-order valence-corrected chi connectivity index (χ4v) is 3.11. The maximum atomic E-state index is 12.1. The number of carbonyl (C=O) groups excluding carboxylic acids is 2. The van der Waals surface area contributed by atoms with Gasteiger partial charge in [0.2, 0.25) is 5.60 Å². The number of anilines is 1. The molecule has 1 fully saturated rings. The van der Waals surface area contributed by atoms with Gasteiger partial charge in [0.1, 0.15) is 0 Å². The summed E-state index contributed by atoms with van der Waals surface area (Å²) in [6.07, 6.45) is 4.57. The number of hydrogen-bond acceptors (Lipinski definition) is 6. The minimum absolute atomic E-state index is 0.138. The lowest BCUT2D eigenvalue weighted by Gasteiger charge is -2.13. The van der Waals surface area contributed by atoms with Crippen LogP contribution in [0.3, 0.4) is 0 Å². The summed E-state index contributed by atoms with van der Waals surface area (Å²) in [7, 11) is 3.24. The second kappa shape index (κ2) is 10.8. The molecule has 8 nitrogen and oxygen atoms in total. The van der Waals surface area contributed by atoms with Crippen molar-refractivity contribution >= 4 is 23.1 Å². The molecule has 0 spiro atoms. The van der Waals surface area contributed by atoms with Crippen LogP contribution in [-0.2, 0) is 9.53 Å². The lowest BCUT2D eigenvalue weighted by atomic mass is 10.0. The van der Waals surface area contributed by atoms with Gasteiger partial charge in [-0.05, 0) is 37.1 Å². The van der Waals surface area contributed by atoms with Gasteiger partial charge in [-0.25, -0.2) is 4.98 Å². The van der Waals surface area contributed by atoms with Crippen LogP contribution < -0.4 is 11.1 Å². The van der Waals surface area contributed by atoms with Crippen molar-refractivity contribution in [2.75, 3.05) is 39.2 Å². The van der Waals surface area contributed by atoms with Gasteiger partial charge in [-0.2, -0.15) is 0 Å². The Bertz CT molecular complexity index is 958. The first kappa shape index (κ1) is 24.1. The second-order valence-electron chi connectivity index (χ2n) is 7.23. The summed E-state index contributed by atoms with van der Waals surface area (Å²) in [6.45, 7) is 5.25. The summed E-state index contributed by atoms with van der Waals surface area (Å²) in [4.78, 5) is 29.9. The van der Waals surface area contributed by atoms with E-state index in [0.29, 0.717) is 37.5 Å². The van der Waals surface area contributed by atoms with Gasteiger partial charge in [0.15, 0.2) is 5.69 Å². The maximum Gasteiger partial charge on any atom is 0.269 e. The van der Waals surface area contributed by atoms with Gasteiger partial charge in [0.05, 0.1) is 18.0 Å². The van der Waals surface area contributed by atoms with Gasteiger partial charge < -0.3 is 25.8 Å². The lowest BCUT2D eigenvalue weighted by Crippen LogP contribution is -2.37. The van der Waals surface area contributed by atoms with E-state index < -0.39 is 11.5 Å². The number of rotatable bonds is 8. The van der Waals surface area contributed by atoms with E-state index in [9.17, 15) is 14.7 Å². The smallest absolute Gasteiger partial charge is 0.269 e. The highest BCUT2D eigenvalue weighted by molar-refractivity contribution is 5.97. The Morgan fingerprint density at radius 1 is 1.48 bits per heavy atom. The van der Waals surface area contributed by atoms with E-state index in [0.717, 1.165) is 11.1 Å². The highest BCUT2D eigenvalue weighted by atomic mass is 16.5. The Balaban J connectivity index is 2.33. The van der Waals surface area contributed by atoms with E-state index in [-0.39, 0.29) is 18.0 Å². The van der Waals surface area contributed by atoms with Crippen LogP contribution >= 0.6 is 0 Å². The molecule has 0 radical (unpaired) electrons. The molecule has 1 aromatic rings. The number of nitrogens with two attached hydrogens (primary N) is 1. The molecule has 1 saturated heterocycles. The Morgan fingerprint density at radius 2 is 2.23 bits per heavy atom. The van der Waals surface area contributed by atoms with Crippen LogP contribution in [0.4, 0.5) is 5.69 Å². The Hall–Kier alpha value is -3.15. The van der Waals surface area contributed by atoms with Crippen LogP contribution in [0.25, 0.3) is 5.57 Å². The van der Waals surface area contributed by atoms with Crippen molar-refractivity contribution in [1.29, 1.82) is 0 Å². The fourth-order valence-electron chi connectivity index (χ4n) is 3.11. The number of pyridine rings is 1. The number of primary amides is 1. The summed E-state index contributed by atoms with van der Waals surface area (Å²) in [5.74, 6) is 4.67. The number of likely N-dealkylation sites (N-methyl/N-ethyl adjacent to an activating group) is 1. The van der Waals surface area contributed by atoms with Gasteiger partial charge in [-0.3, -0.25) is 9.59 Å². The van der Waals surface area contributed by atoms with E-state index in [1.54, 1.807) is 26.3 Å². The van der Waals surface area contributed by atoms with Crippen molar-refractivity contribution in [3.05, 3.63) is 41.2 Å². The average molecular weight is 427 g/mol. The van der Waals surface area contributed by atoms with Gasteiger partial charge in [0.25, 0.3) is 11.8 Å². The highest BCUT2D eigenvalue weighted by Gasteiger charge is 2.42. The zero-order valence-electron chi connectivity index (χ0n) is 18.5. The SMILES string of the molecule is C/C=C(\C=C(\C#C[C@]1(O)CCN(C)C1=O)CC)c1ccc(NCCOC)c(C(N)=O)n1. The molecule has 2 rings (SSSR count). The first-order valence-electron chi connectivity index (χ1n) is 10.2. The number of methoxy groups -OCH3 is 1. The third-order valence-corrected chi connectivity index (χ3v) is 5.01. The van der Waals surface area contributed by atoms with E-state index >= 15 is 0 Å². The molecular formula is C23H30N4O4. The number of nitrogens with zero attached hydrogens (tertiary/aromatic N) is 2. The predicted molar refractivity (Wildman–Crippen MR) is 120 cm³/mol. The van der Waals surface area contributed by atoms with Crippen molar-refractivity contribution in [1.82, 2.24) is 9.88 Å². The molecule has 2 amide bonds. The van der Waals surface area contributed by atoms with Gasteiger partial charge in [0, 0.05) is 39.2 Å². The second-order valence-corrected chi connectivity index (χ2v) is 7.23. The van der Waals surface area contributed by atoms with Gasteiger partial charge in [-0.15, -0.1) is 0 Å². The van der Waals surface area contributed by atoms with Crippen molar-refractivity contribution in [3.8, 4) is 11.8 Å². The lowest BCUT2D eigenvalue weighted by molar-refractivity contribution is -0.137. The molecule has 0 aliphatic carbocycles.